The molecule has 22 heavy (non-hydrogen) atoms. The number of hydrogen-bond donors (Lipinski definition) is 0. The molecule has 1 fully saturated rings. The molecule has 5 nitrogen and oxygen atoms in total. The molecule has 6 heteroatoms. The second kappa shape index (κ2) is 5.12. The van der Waals surface area contributed by atoms with E-state index in [9.17, 15) is 13.2 Å². The van der Waals surface area contributed by atoms with Crippen molar-refractivity contribution in [3.63, 3.8) is 0 Å². The molecule has 2 aromatic rings. The summed E-state index contributed by atoms with van der Waals surface area (Å²) in [5, 5.41) is 0.892. The van der Waals surface area contributed by atoms with E-state index in [-0.39, 0.29) is 35.8 Å². The summed E-state index contributed by atoms with van der Waals surface area (Å²) in [6, 6.07) is 5.32. The topological polar surface area (TPSA) is 67.6 Å². The van der Waals surface area contributed by atoms with Crippen LogP contribution in [-0.2, 0) is 9.84 Å². The van der Waals surface area contributed by atoms with Crippen molar-refractivity contribution in [2.45, 2.75) is 26.8 Å². The summed E-state index contributed by atoms with van der Waals surface area (Å²) in [7, 11) is -3.04. The minimum absolute atomic E-state index is 0.0111. The molecule has 2 heterocycles. The molecule has 3 rings (SSSR count). The number of aryl methyl sites for hydroxylation is 2. The molecular weight excluding hydrogens is 302 g/mol. The summed E-state index contributed by atoms with van der Waals surface area (Å²) < 4.78 is 28.9. The Balaban J connectivity index is 1.92. The molecule has 0 N–H and O–H groups in total. The van der Waals surface area contributed by atoms with Crippen molar-refractivity contribution in [3.8, 4) is 0 Å². The van der Waals surface area contributed by atoms with Gasteiger partial charge in [-0.15, -0.1) is 0 Å². The van der Waals surface area contributed by atoms with E-state index in [1.807, 2.05) is 26.0 Å². The van der Waals surface area contributed by atoms with Crippen LogP contribution in [0.4, 0.5) is 0 Å². The van der Waals surface area contributed by atoms with Crippen LogP contribution in [0.1, 0.15) is 28.6 Å². The average molecular weight is 321 g/mol. The zero-order valence-corrected chi connectivity index (χ0v) is 13.7. The van der Waals surface area contributed by atoms with E-state index in [4.69, 9.17) is 4.42 Å². The zero-order valence-electron chi connectivity index (χ0n) is 12.9. The van der Waals surface area contributed by atoms with Gasteiger partial charge in [-0.05, 0) is 50.1 Å². The maximum Gasteiger partial charge on any atom is 0.289 e. The van der Waals surface area contributed by atoms with Gasteiger partial charge in [0.1, 0.15) is 5.58 Å². The lowest BCUT2D eigenvalue weighted by Crippen LogP contribution is -2.49. The molecule has 1 aliphatic rings. The Bertz CT molecular complexity index is 811. The number of fused-ring (bicyclic) bond motifs is 1. The van der Waals surface area contributed by atoms with E-state index < -0.39 is 9.84 Å². The first-order valence-electron chi connectivity index (χ1n) is 7.29. The number of benzene rings is 1. The molecule has 1 atom stereocenters. The van der Waals surface area contributed by atoms with Gasteiger partial charge in [-0.25, -0.2) is 8.42 Å². The van der Waals surface area contributed by atoms with Crippen molar-refractivity contribution in [2.75, 3.05) is 18.1 Å². The molecule has 0 saturated carbocycles. The lowest BCUT2D eigenvalue weighted by molar-refractivity contribution is 0.0682. The van der Waals surface area contributed by atoms with E-state index in [1.54, 1.807) is 17.9 Å². The monoisotopic (exact) mass is 321 g/mol. The number of furan rings is 1. The largest absolute Gasteiger partial charge is 0.451 e. The van der Waals surface area contributed by atoms with Crippen molar-refractivity contribution >= 4 is 26.7 Å². The lowest BCUT2D eigenvalue weighted by atomic mass is 10.1. The number of rotatable bonds is 1. The van der Waals surface area contributed by atoms with Crippen molar-refractivity contribution in [2.24, 2.45) is 0 Å². The lowest BCUT2D eigenvalue weighted by Gasteiger charge is -2.32. The predicted octanol–water partition coefficient (Wildman–Crippen LogP) is 2.31. The van der Waals surface area contributed by atoms with Gasteiger partial charge in [-0.3, -0.25) is 4.79 Å². The van der Waals surface area contributed by atoms with Crippen molar-refractivity contribution < 1.29 is 17.6 Å². The molecule has 1 amide bonds. The summed E-state index contributed by atoms with van der Waals surface area (Å²) in [6.45, 7) is 5.99. The van der Waals surface area contributed by atoms with E-state index in [0.717, 1.165) is 16.5 Å². The Labute approximate surface area is 129 Å². The number of hydrogen-bond acceptors (Lipinski definition) is 4. The number of carbonyl (C=O) groups is 1. The van der Waals surface area contributed by atoms with E-state index >= 15 is 0 Å². The third-order valence-corrected chi connectivity index (χ3v) is 6.07. The van der Waals surface area contributed by atoms with Crippen LogP contribution in [0.3, 0.4) is 0 Å². The van der Waals surface area contributed by atoms with Gasteiger partial charge in [0, 0.05) is 18.0 Å². The van der Waals surface area contributed by atoms with Gasteiger partial charge in [0.05, 0.1) is 11.5 Å². The van der Waals surface area contributed by atoms with Crippen LogP contribution in [0.25, 0.3) is 11.0 Å². The highest BCUT2D eigenvalue weighted by Gasteiger charge is 2.33. The molecule has 1 aromatic heterocycles. The third kappa shape index (κ3) is 2.63. The Morgan fingerprint density at radius 3 is 2.59 bits per heavy atom. The second-order valence-electron chi connectivity index (χ2n) is 6.05. The fourth-order valence-corrected chi connectivity index (χ4v) is 4.41. The van der Waals surface area contributed by atoms with E-state index in [0.29, 0.717) is 5.58 Å². The molecule has 0 bridgehead atoms. The van der Waals surface area contributed by atoms with Crippen molar-refractivity contribution in [3.05, 3.63) is 35.1 Å². The first kappa shape index (κ1) is 15.1. The molecule has 0 unspecified atom stereocenters. The molecular formula is C16H19NO4S. The molecule has 0 aliphatic carbocycles. The second-order valence-corrected chi connectivity index (χ2v) is 8.28. The summed E-state index contributed by atoms with van der Waals surface area (Å²) in [4.78, 5) is 14.2. The van der Waals surface area contributed by atoms with Gasteiger partial charge in [0.25, 0.3) is 5.91 Å². The first-order valence-corrected chi connectivity index (χ1v) is 9.11. The van der Waals surface area contributed by atoms with E-state index in [1.165, 1.54) is 0 Å². The fourth-order valence-electron chi connectivity index (χ4n) is 2.85. The van der Waals surface area contributed by atoms with Crippen LogP contribution in [0, 0.1) is 13.8 Å². The normalized spacial score (nSPS) is 21.2. The van der Waals surface area contributed by atoms with Crippen LogP contribution in [0.15, 0.2) is 22.6 Å². The highest BCUT2D eigenvalue weighted by molar-refractivity contribution is 7.91. The van der Waals surface area contributed by atoms with Gasteiger partial charge in [0.15, 0.2) is 15.6 Å². The smallest absolute Gasteiger partial charge is 0.289 e. The maximum atomic E-state index is 12.6. The van der Waals surface area contributed by atoms with Gasteiger partial charge in [-0.1, -0.05) is 0 Å². The maximum absolute atomic E-state index is 12.6. The van der Waals surface area contributed by atoms with Gasteiger partial charge in [-0.2, -0.15) is 0 Å². The van der Waals surface area contributed by atoms with Crippen LogP contribution < -0.4 is 0 Å². The summed E-state index contributed by atoms with van der Waals surface area (Å²) in [5.74, 6) is 0.0543. The average Bonchev–Trinajstić information content (AvgIpc) is 2.80. The molecule has 118 valence electrons. The van der Waals surface area contributed by atoms with Crippen LogP contribution in [0.2, 0.25) is 0 Å². The Kier molecular flexibility index (Phi) is 3.51. The standard InChI is InChI=1S/C16H19NO4S/c1-10-6-13-8-15(21-14(13)7-11(10)2)16(18)17-4-5-22(19,20)9-12(17)3/h6-8,12H,4-5,9H2,1-3H3/t12-/m0/s1. The Hall–Kier alpha value is -1.82. The zero-order chi connectivity index (χ0) is 16.1. The number of carbonyl (C=O) groups excluding carboxylic acids is 1. The minimum atomic E-state index is -3.04. The van der Waals surface area contributed by atoms with Gasteiger partial charge < -0.3 is 9.32 Å². The van der Waals surface area contributed by atoms with Crippen molar-refractivity contribution in [1.29, 1.82) is 0 Å². The fraction of sp³-hybridized carbons (Fsp3) is 0.438. The van der Waals surface area contributed by atoms with Crippen LogP contribution in [-0.4, -0.2) is 43.3 Å². The Morgan fingerprint density at radius 2 is 1.91 bits per heavy atom. The number of nitrogens with zero attached hydrogens (tertiary/aromatic N) is 1. The quantitative estimate of drug-likeness (QED) is 0.808. The predicted molar refractivity (Wildman–Crippen MR) is 84.8 cm³/mol. The molecule has 0 spiro atoms. The molecule has 0 radical (unpaired) electrons. The third-order valence-electron chi connectivity index (χ3n) is 4.27. The SMILES string of the molecule is Cc1cc2cc(C(=O)N3CCS(=O)(=O)C[C@@H]3C)oc2cc1C. The van der Waals surface area contributed by atoms with Crippen LogP contribution >= 0.6 is 0 Å². The summed E-state index contributed by atoms with van der Waals surface area (Å²) in [6.07, 6.45) is 0. The summed E-state index contributed by atoms with van der Waals surface area (Å²) >= 11 is 0. The van der Waals surface area contributed by atoms with E-state index in [2.05, 4.69) is 0 Å². The number of amides is 1. The highest BCUT2D eigenvalue weighted by atomic mass is 32.2. The molecule has 1 aromatic carbocycles. The molecule has 1 aliphatic heterocycles. The molecule has 1 saturated heterocycles. The van der Waals surface area contributed by atoms with Gasteiger partial charge in [0.2, 0.25) is 0 Å². The minimum Gasteiger partial charge on any atom is -0.451 e. The first-order chi connectivity index (χ1) is 10.3. The Morgan fingerprint density at radius 1 is 1.23 bits per heavy atom. The highest BCUT2D eigenvalue weighted by Crippen LogP contribution is 2.25. The number of sulfone groups is 1. The van der Waals surface area contributed by atoms with Gasteiger partial charge >= 0.3 is 0 Å². The van der Waals surface area contributed by atoms with Crippen LogP contribution in [0.5, 0.6) is 0 Å². The summed E-state index contributed by atoms with van der Waals surface area (Å²) in [5.41, 5.74) is 2.94. The van der Waals surface area contributed by atoms with Crippen molar-refractivity contribution in [1.82, 2.24) is 4.90 Å².